The van der Waals surface area contributed by atoms with Gasteiger partial charge in [-0.3, -0.25) is 9.36 Å². The van der Waals surface area contributed by atoms with E-state index in [2.05, 4.69) is 4.99 Å². The largest absolute Gasteiger partial charge is 0.490 e. The first-order valence-corrected chi connectivity index (χ1v) is 17.2. The molecule has 0 saturated heterocycles. The standard InChI is InChI=1S/C36H36Cl2N2O7S/c1-6-43-27-15-12-23(18-30(27)45-8-3)33-32(35(42)46-9-4)21(5)39-36-40(33)34(41)31(48-36)17-22-10-14-28(29(16-22)44-7-2)47-20-24-11-13-25(37)19-26(24)38/h10-19,33H,6-9,20H2,1-5H3/b31-17-/t33-/m0/s1. The zero-order valence-electron chi connectivity index (χ0n) is 27.3. The summed E-state index contributed by atoms with van der Waals surface area (Å²) in [5.74, 6) is 1.59. The Bertz CT molecular complexity index is 2040. The smallest absolute Gasteiger partial charge is 0.338 e. The second kappa shape index (κ2) is 15.8. The molecule has 9 nitrogen and oxygen atoms in total. The zero-order chi connectivity index (χ0) is 34.4. The van der Waals surface area contributed by atoms with Gasteiger partial charge in [0.25, 0.3) is 5.56 Å². The molecule has 5 rings (SSSR count). The molecule has 1 aliphatic heterocycles. The van der Waals surface area contributed by atoms with Crippen LogP contribution in [-0.2, 0) is 16.1 Å². The van der Waals surface area contributed by atoms with E-state index in [9.17, 15) is 9.59 Å². The molecule has 4 aromatic rings. The van der Waals surface area contributed by atoms with Crippen molar-refractivity contribution >= 4 is 46.6 Å². The molecule has 0 aliphatic carbocycles. The predicted molar refractivity (Wildman–Crippen MR) is 188 cm³/mol. The normalized spacial score (nSPS) is 14.3. The minimum atomic E-state index is -0.799. The van der Waals surface area contributed by atoms with E-state index in [1.807, 2.05) is 45.0 Å². The summed E-state index contributed by atoms with van der Waals surface area (Å²) in [6, 6.07) is 15.3. The highest BCUT2D eigenvalue weighted by Gasteiger charge is 2.34. The molecule has 0 unspecified atom stereocenters. The Morgan fingerprint density at radius 2 is 1.52 bits per heavy atom. The number of thiazole rings is 1. The van der Waals surface area contributed by atoms with Crippen LogP contribution < -0.4 is 33.8 Å². The molecule has 0 amide bonds. The highest BCUT2D eigenvalue weighted by molar-refractivity contribution is 7.07. The lowest BCUT2D eigenvalue weighted by molar-refractivity contribution is -0.139. The summed E-state index contributed by atoms with van der Waals surface area (Å²) in [7, 11) is 0. The van der Waals surface area contributed by atoms with Crippen molar-refractivity contribution in [1.29, 1.82) is 0 Å². The first-order valence-electron chi connectivity index (χ1n) is 15.6. The van der Waals surface area contributed by atoms with Gasteiger partial charge in [-0.25, -0.2) is 9.79 Å². The molecule has 0 N–H and O–H groups in total. The number of halogens is 2. The Labute approximate surface area is 292 Å². The molecule has 0 saturated carbocycles. The van der Waals surface area contributed by atoms with Gasteiger partial charge in [-0.05, 0) is 88.2 Å². The van der Waals surface area contributed by atoms with Crippen molar-refractivity contribution in [2.45, 2.75) is 47.3 Å². The van der Waals surface area contributed by atoms with Gasteiger partial charge in [-0.2, -0.15) is 0 Å². The van der Waals surface area contributed by atoms with E-state index in [-0.39, 0.29) is 24.3 Å². The molecule has 2 heterocycles. The van der Waals surface area contributed by atoms with E-state index in [0.29, 0.717) is 73.5 Å². The third-order valence-electron chi connectivity index (χ3n) is 7.36. The Balaban J connectivity index is 1.57. The fourth-order valence-electron chi connectivity index (χ4n) is 5.29. The topological polar surface area (TPSA) is 97.6 Å². The van der Waals surface area contributed by atoms with Gasteiger partial charge in [-0.1, -0.05) is 52.7 Å². The average molecular weight is 712 g/mol. The van der Waals surface area contributed by atoms with Crippen molar-refractivity contribution in [3.05, 3.63) is 112 Å². The van der Waals surface area contributed by atoms with Gasteiger partial charge < -0.3 is 23.7 Å². The highest BCUT2D eigenvalue weighted by Crippen LogP contribution is 2.37. The molecule has 0 fully saturated rings. The van der Waals surface area contributed by atoms with Gasteiger partial charge in [0.05, 0.1) is 48.3 Å². The van der Waals surface area contributed by atoms with Gasteiger partial charge in [0.2, 0.25) is 0 Å². The van der Waals surface area contributed by atoms with Crippen molar-refractivity contribution in [3.63, 3.8) is 0 Å². The Hall–Kier alpha value is -4.25. The fourth-order valence-corrected chi connectivity index (χ4v) is 6.80. The molecule has 12 heteroatoms. The minimum absolute atomic E-state index is 0.175. The quantitative estimate of drug-likeness (QED) is 0.140. The van der Waals surface area contributed by atoms with Crippen LogP contribution >= 0.6 is 34.5 Å². The van der Waals surface area contributed by atoms with Gasteiger partial charge in [0.1, 0.15) is 6.61 Å². The SMILES string of the molecule is CCOC(=O)C1=C(C)N=c2s/c(=C\c3ccc(OCc4ccc(Cl)cc4Cl)c(OCC)c3)c(=O)n2[C@H]1c1ccc(OCC)c(OCC)c1. The third kappa shape index (κ3) is 7.56. The summed E-state index contributed by atoms with van der Waals surface area (Å²) in [6.45, 7) is 10.8. The maximum absolute atomic E-state index is 14.2. The summed E-state index contributed by atoms with van der Waals surface area (Å²) >= 11 is 13.6. The monoisotopic (exact) mass is 710 g/mol. The average Bonchev–Trinajstić information content (AvgIpc) is 3.35. The number of carbonyl (C=O) groups is 1. The maximum atomic E-state index is 14.2. The Kier molecular flexibility index (Phi) is 11.5. The number of hydrogen-bond acceptors (Lipinski definition) is 9. The van der Waals surface area contributed by atoms with Gasteiger partial charge >= 0.3 is 5.97 Å². The number of carbonyl (C=O) groups excluding carboxylic acids is 1. The molecule has 0 spiro atoms. The van der Waals surface area contributed by atoms with Crippen LogP contribution in [0.25, 0.3) is 6.08 Å². The van der Waals surface area contributed by atoms with Gasteiger partial charge in [-0.15, -0.1) is 0 Å². The van der Waals surface area contributed by atoms with Crippen LogP contribution in [0, 0.1) is 0 Å². The van der Waals surface area contributed by atoms with E-state index < -0.39 is 12.0 Å². The van der Waals surface area contributed by atoms with Crippen LogP contribution in [-0.4, -0.2) is 37.0 Å². The molecule has 3 aromatic carbocycles. The van der Waals surface area contributed by atoms with Crippen molar-refractivity contribution < 1.29 is 28.5 Å². The zero-order valence-corrected chi connectivity index (χ0v) is 29.6. The van der Waals surface area contributed by atoms with Crippen LogP contribution in [0.2, 0.25) is 10.0 Å². The summed E-state index contributed by atoms with van der Waals surface area (Å²) in [4.78, 5) is 32.7. The van der Waals surface area contributed by atoms with E-state index in [1.54, 1.807) is 50.3 Å². The number of benzene rings is 3. The molecular weight excluding hydrogens is 675 g/mol. The lowest BCUT2D eigenvalue weighted by atomic mass is 9.95. The molecule has 0 bridgehead atoms. The highest BCUT2D eigenvalue weighted by atomic mass is 35.5. The number of fused-ring (bicyclic) bond motifs is 1. The molecular formula is C36H36Cl2N2O7S. The molecule has 48 heavy (non-hydrogen) atoms. The number of hydrogen-bond donors (Lipinski definition) is 0. The second-order valence-electron chi connectivity index (χ2n) is 10.5. The number of ether oxygens (including phenoxy) is 5. The number of esters is 1. The van der Waals surface area contributed by atoms with Crippen LogP contribution in [0.15, 0.2) is 75.7 Å². The minimum Gasteiger partial charge on any atom is -0.490 e. The van der Waals surface area contributed by atoms with Gasteiger partial charge in [0.15, 0.2) is 27.8 Å². The van der Waals surface area contributed by atoms with Crippen LogP contribution in [0.3, 0.4) is 0 Å². The number of nitrogens with zero attached hydrogens (tertiary/aromatic N) is 2. The van der Waals surface area contributed by atoms with E-state index in [1.165, 1.54) is 15.9 Å². The summed E-state index contributed by atoms with van der Waals surface area (Å²) < 4.78 is 31.0. The van der Waals surface area contributed by atoms with E-state index in [4.69, 9.17) is 46.9 Å². The van der Waals surface area contributed by atoms with Gasteiger partial charge in [0, 0.05) is 15.6 Å². The fraction of sp³-hybridized carbons (Fsp3) is 0.306. The molecule has 1 atom stereocenters. The van der Waals surface area contributed by atoms with Crippen molar-refractivity contribution in [1.82, 2.24) is 4.57 Å². The maximum Gasteiger partial charge on any atom is 0.338 e. The van der Waals surface area contributed by atoms with E-state index >= 15 is 0 Å². The Morgan fingerprint density at radius 1 is 0.854 bits per heavy atom. The number of aromatic nitrogens is 1. The van der Waals surface area contributed by atoms with Crippen LogP contribution in [0.5, 0.6) is 23.0 Å². The van der Waals surface area contributed by atoms with Crippen LogP contribution in [0.1, 0.15) is 57.4 Å². The first kappa shape index (κ1) is 35.1. The third-order valence-corrected chi connectivity index (χ3v) is 8.93. The summed E-state index contributed by atoms with van der Waals surface area (Å²) in [5.41, 5.74) is 2.61. The van der Waals surface area contributed by atoms with Crippen molar-refractivity contribution in [3.8, 4) is 23.0 Å². The predicted octanol–water partition coefficient (Wildman–Crippen LogP) is 6.88. The molecule has 0 radical (unpaired) electrons. The van der Waals surface area contributed by atoms with Crippen molar-refractivity contribution in [2.75, 3.05) is 26.4 Å². The molecule has 1 aromatic heterocycles. The lowest BCUT2D eigenvalue weighted by Crippen LogP contribution is -2.40. The molecule has 252 valence electrons. The first-order chi connectivity index (χ1) is 23.2. The molecule has 1 aliphatic rings. The second-order valence-corrected chi connectivity index (χ2v) is 12.4. The summed E-state index contributed by atoms with van der Waals surface area (Å²) in [6.07, 6.45) is 1.77. The van der Waals surface area contributed by atoms with Crippen LogP contribution in [0.4, 0.5) is 0 Å². The number of rotatable bonds is 13. The van der Waals surface area contributed by atoms with E-state index in [0.717, 1.165) is 11.1 Å². The Morgan fingerprint density at radius 3 is 2.21 bits per heavy atom. The summed E-state index contributed by atoms with van der Waals surface area (Å²) in [5, 5.41) is 1.05. The van der Waals surface area contributed by atoms with Crippen molar-refractivity contribution in [2.24, 2.45) is 4.99 Å². The lowest BCUT2D eigenvalue weighted by Gasteiger charge is -2.25. The number of allylic oxidation sites excluding steroid dienone is 1.